The summed E-state index contributed by atoms with van der Waals surface area (Å²) in [5.41, 5.74) is 2.74. The third kappa shape index (κ3) is 3.68. The highest BCUT2D eigenvalue weighted by Gasteiger charge is 2.11. The van der Waals surface area contributed by atoms with E-state index in [0.717, 1.165) is 25.9 Å². The largest absolute Gasteiger partial charge is 0.314 e. The van der Waals surface area contributed by atoms with Crippen LogP contribution in [0, 0.1) is 0 Å². The molecule has 2 heterocycles. The second kappa shape index (κ2) is 6.71. The van der Waals surface area contributed by atoms with E-state index in [2.05, 4.69) is 47.3 Å². The zero-order chi connectivity index (χ0) is 12.8. The van der Waals surface area contributed by atoms with Gasteiger partial charge in [0.05, 0.1) is 6.20 Å². The van der Waals surface area contributed by atoms with Crippen LogP contribution in [0.3, 0.4) is 0 Å². The Morgan fingerprint density at radius 2 is 2.17 bits per heavy atom. The van der Waals surface area contributed by atoms with Gasteiger partial charge in [-0.05, 0) is 54.3 Å². The third-order valence-electron chi connectivity index (χ3n) is 3.05. The fraction of sp³-hybridized carbons (Fsp3) is 0.500. The molecule has 1 N–H and O–H groups in total. The molecule has 2 rings (SSSR count). The molecule has 0 saturated carbocycles. The Morgan fingerprint density at radius 1 is 1.33 bits per heavy atom. The Balaban J connectivity index is 1.97. The predicted octanol–water partition coefficient (Wildman–Crippen LogP) is 2.73. The summed E-state index contributed by atoms with van der Waals surface area (Å²) >= 11 is 1.77. The van der Waals surface area contributed by atoms with Gasteiger partial charge < -0.3 is 5.32 Å². The number of hydrogen-bond acceptors (Lipinski definition) is 3. The highest BCUT2D eigenvalue weighted by Crippen LogP contribution is 2.12. The van der Waals surface area contributed by atoms with Crippen molar-refractivity contribution in [2.45, 2.75) is 39.3 Å². The molecule has 2 aromatic heterocycles. The SMILES string of the molecule is CCNC(Cc1ccsc1)Cc1cnn(CC)c1. The Morgan fingerprint density at radius 3 is 2.78 bits per heavy atom. The van der Waals surface area contributed by atoms with Crippen molar-refractivity contribution in [1.29, 1.82) is 0 Å². The first-order chi connectivity index (χ1) is 8.81. The van der Waals surface area contributed by atoms with E-state index >= 15 is 0 Å². The van der Waals surface area contributed by atoms with Crippen LogP contribution in [0.4, 0.5) is 0 Å². The fourth-order valence-electron chi connectivity index (χ4n) is 2.17. The average molecular weight is 263 g/mol. The summed E-state index contributed by atoms with van der Waals surface area (Å²) in [6, 6.07) is 2.71. The summed E-state index contributed by atoms with van der Waals surface area (Å²) < 4.78 is 1.99. The van der Waals surface area contributed by atoms with Gasteiger partial charge in [-0.2, -0.15) is 16.4 Å². The molecule has 0 aliphatic carbocycles. The second-order valence-corrected chi connectivity index (χ2v) is 5.28. The quantitative estimate of drug-likeness (QED) is 0.832. The fourth-order valence-corrected chi connectivity index (χ4v) is 2.85. The number of thiophene rings is 1. The molecular weight excluding hydrogens is 242 g/mol. The van der Waals surface area contributed by atoms with Crippen molar-refractivity contribution < 1.29 is 0 Å². The molecule has 4 heteroatoms. The van der Waals surface area contributed by atoms with Gasteiger partial charge in [0.1, 0.15) is 0 Å². The van der Waals surface area contributed by atoms with Crippen LogP contribution in [-0.2, 0) is 19.4 Å². The molecule has 0 spiro atoms. The van der Waals surface area contributed by atoms with Crippen molar-refractivity contribution in [2.75, 3.05) is 6.54 Å². The van der Waals surface area contributed by atoms with Gasteiger partial charge in [-0.1, -0.05) is 6.92 Å². The number of likely N-dealkylation sites (N-methyl/N-ethyl adjacent to an activating group) is 1. The Hall–Kier alpha value is -1.13. The molecule has 3 nitrogen and oxygen atoms in total. The maximum atomic E-state index is 4.34. The third-order valence-corrected chi connectivity index (χ3v) is 3.78. The minimum atomic E-state index is 0.499. The van der Waals surface area contributed by atoms with Crippen LogP contribution < -0.4 is 5.32 Å². The summed E-state index contributed by atoms with van der Waals surface area (Å²) in [6.07, 6.45) is 6.28. The van der Waals surface area contributed by atoms with Gasteiger partial charge in [-0.25, -0.2) is 0 Å². The van der Waals surface area contributed by atoms with E-state index in [-0.39, 0.29) is 0 Å². The molecule has 0 radical (unpaired) electrons. The number of nitrogens with one attached hydrogen (secondary N) is 1. The summed E-state index contributed by atoms with van der Waals surface area (Å²) in [5, 5.41) is 12.3. The molecule has 0 amide bonds. The van der Waals surface area contributed by atoms with Gasteiger partial charge in [0.2, 0.25) is 0 Å². The molecule has 0 aromatic carbocycles. The van der Waals surface area contributed by atoms with Crippen LogP contribution >= 0.6 is 11.3 Å². The van der Waals surface area contributed by atoms with Gasteiger partial charge in [-0.15, -0.1) is 0 Å². The monoisotopic (exact) mass is 263 g/mol. The normalized spacial score (nSPS) is 12.8. The lowest BCUT2D eigenvalue weighted by Gasteiger charge is -2.16. The number of nitrogens with zero attached hydrogens (tertiary/aromatic N) is 2. The first kappa shape index (κ1) is 13.3. The molecule has 0 aliphatic heterocycles. The lowest BCUT2D eigenvalue weighted by molar-refractivity contribution is 0.521. The topological polar surface area (TPSA) is 29.9 Å². The Bertz CT molecular complexity index is 447. The first-order valence-electron chi connectivity index (χ1n) is 6.57. The van der Waals surface area contributed by atoms with Gasteiger partial charge in [-0.3, -0.25) is 4.68 Å². The molecular formula is C14H21N3S. The summed E-state index contributed by atoms with van der Waals surface area (Å²) in [7, 11) is 0. The molecule has 0 bridgehead atoms. The van der Waals surface area contributed by atoms with E-state index < -0.39 is 0 Å². The molecule has 0 saturated heterocycles. The van der Waals surface area contributed by atoms with E-state index in [1.165, 1.54) is 11.1 Å². The van der Waals surface area contributed by atoms with Crippen molar-refractivity contribution in [3.05, 3.63) is 40.3 Å². The molecule has 2 aromatic rings. The van der Waals surface area contributed by atoms with Gasteiger partial charge >= 0.3 is 0 Å². The maximum absolute atomic E-state index is 4.34. The molecule has 18 heavy (non-hydrogen) atoms. The lowest BCUT2D eigenvalue weighted by atomic mass is 10.0. The predicted molar refractivity (Wildman–Crippen MR) is 77.1 cm³/mol. The van der Waals surface area contributed by atoms with Crippen LogP contribution in [0.25, 0.3) is 0 Å². The van der Waals surface area contributed by atoms with E-state index in [1.807, 2.05) is 10.9 Å². The number of rotatable bonds is 7. The molecule has 98 valence electrons. The number of aryl methyl sites for hydroxylation is 1. The van der Waals surface area contributed by atoms with E-state index in [4.69, 9.17) is 0 Å². The van der Waals surface area contributed by atoms with Crippen LogP contribution in [0.15, 0.2) is 29.2 Å². The highest BCUT2D eigenvalue weighted by molar-refractivity contribution is 7.07. The molecule has 1 atom stereocenters. The van der Waals surface area contributed by atoms with Crippen LogP contribution in [0.5, 0.6) is 0 Å². The number of aromatic nitrogens is 2. The van der Waals surface area contributed by atoms with Crippen molar-refractivity contribution in [3.8, 4) is 0 Å². The lowest BCUT2D eigenvalue weighted by Crippen LogP contribution is -2.32. The summed E-state index contributed by atoms with van der Waals surface area (Å²) in [5.74, 6) is 0. The second-order valence-electron chi connectivity index (χ2n) is 4.50. The number of hydrogen-bond donors (Lipinski definition) is 1. The van der Waals surface area contributed by atoms with Crippen LogP contribution in [-0.4, -0.2) is 22.4 Å². The van der Waals surface area contributed by atoms with Crippen LogP contribution in [0.1, 0.15) is 25.0 Å². The zero-order valence-corrected chi connectivity index (χ0v) is 11.9. The minimum Gasteiger partial charge on any atom is -0.314 e. The van der Waals surface area contributed by atoms with Gasteiger partial charge in [0.25, 0.3) is 0 Å². The Labute approximate surface area is 113 Å². The van der Waals surface area contributed by atoms with E-state index in [9.17, 15) is 0 Å². The molecule has 0 aliphatic rings. The van der Waals surface area contributed by atoms with Crippen molar-refractivity contribution in [3.63, 3.8) is 0 Å². The maximum Gasteiger partial charge on any atom is 0.0522 e. The first-order valence-corrected chi connectivity index (χ1v) is 7.51. The standard InChI is InChI=1S/C14H21N3S/c1-3-15-14(7-12-5-6-18-11-12)8-13-9-16-17(4-2)10-13/h5-6,9-11,14-15H,3-4,7-8H2,1-2H3. The highest BCUT2D eigenvalue weighted by atomic mass is 32.1. The van der Waals surface area contributed by atoms with Gasteiger partial charge in [0, 0.05) is 18.8 Å². The van der Waals surface area contributed by atoms with Gasteiger partial charge in [0.15, 0.2) is 0 Å². The van der Waals surface area contributed by atoms with Crippen molar-refractivity contribution >= 4 is 11.3 Å². The molecule has 1 unspecified atom stereocenters. The average Bonchev–Trinajstić information content (AvgIpc) is 3.00. The van der Waals surface area contributed by atoms with Crippen LogP contribution in [0.2, 0.25) is 0 Å². The van der Waals surface area contributed by atoms with E-state index in [0.29, 0.717) is 6.04 Å². The smallest absolute Gasteiger partial charge is 0.0522 e. The Kier molecular flexibility index (Phi) is 4.96. The minimum absolute atomic E-state index is 0.499. The van der Waals surface area contributed by atoms with Crippen molar-refractivity contribution in [1.82, 2.24) is 15.1 Å². The summed E-state index contributed by atoms with van der Waals surface area (Å²) in [6.45, 7) is 6.23. The van der Waals surface area contributed by atoms with Crippen molar-refractivity contribution in [2.24, 2.45) is 0 Å². The zero-order valence-electron chi connectivity index (χ0n) is 11.1. The molecule has 0 fully saturated rings. The van der Waals surface area contributed by atoms with E-state index in [1.54, 1.807) is 11.3 Å². The summed E-state index contributed by atoms with van der Waals surface area (Å²) in [4.78, 5) is 0.